The van der Waals surface area contributed by atoms with Crippen LogP contribution in [0.3, 0.4) is 0 Å². The molecule has 1 aliphatic rings. The number of carbonyl (C=O) groups is 2. The summed E-state index contributed by atoms with van der Waals surface area (Å²) in [5.41, 5.74) is 1.87. The summed E-state index contributed by atoms with van der Waals surface area (Å²) in [5, 5.41) is 3.09. The van der Waals surface area contributed by atoms with Gasteiger partial charge in [-0.05, 0) is 73.7 Å². The first-order valence-electron chi connectivity index (χ1n) is 10.5. The number of methoxy groups -OCH3 is 1. The molecule has 1 heterocycles. The summed E-state index contributed by atoms with van der Waals surface area (Å²) in [4.78, 5) is 34.1. The predicted molar refractivity (Wildman–Crippen MR) is 131 cm³/mol. The number of aryl methyl sites for hydroxylation is 2. The molecule has 1 fully saturated rings. The van der Waals surface area contributed by atoms with Crippen LogP contribution in [-0.4, -0.2) is 49.8 Å². The Kier molecular flexibility index (Phi) is 8.30. The van der Waals surface area contributed by atoms with Crippen molar-refractivity contribution in [2.24, 2.45) is 0 Å². The molecule has 0 aromatic heterocycles. The van der Waals surface area contributed by atoms with E-state index in [1.807, 2.05) is 26.0 Å². The molecule has 0 atom stereocenters. The number of rotatable bonds is 6. The molecule has 1 aliphatic heterocycles. The van der Waals surface area contributed by atoms with Crippen molar-refractivity contribution in [3.05, 3.63) is 62.1 Å². The monoisotopic (exact) mass is 512 g/mol. The normalized spacial score (nSPS) is 15.8. The number of anilines is 1. The molecule has 2 aromatic carbocycles. The second-order valence-corrected chi connectivity index (χ2v) is 9.50. The maximum atomic E-state index is 14.0. The lowest BCUT2D eigenvalue weighted by atomic mass is 9.84. The zero-order valence-electron chi connectivity index (χ0n) is 19.1. The molecule has 0 spiro atoms. The van der Waals surface area contributed by atoms with Crippen LogP contribution in [0.1, 0.15) is 29.5 Å². The Labute approximate surface area is 209 Å². The van der Waals surface area contributed by atoms with E-state index in [4.69, 9.17) is 44.4 Å². The highest BCUT2D eigenvalue weighted by atomic mass is 35.5. The largest absolute Gasteiger partial charge is 0.467 e. The smallest absolute Gasteiger partial charge is 0.332 e. The first kappa shape index (κ1) is 25.8. The number of benzene rings is 2. The first-order chi connectivity index (χ1) is 15.6. The SMILES string of the molecule is COC(=O)C1(N(C(=O)Cc2c(C)cc(Cl)cc2C)c2cc(Cl)cc(Cl)c2)CCN(OC)CC1. The van der Waals surface area contributed by atoms with E-state index in [1.54, 1.807) is 30.4 Å². The molecule has 0 radical (unpaired) electrons. The lowest BCUT2D eigenvalue weighted by Crippen LogP contribution is -2.63. The minimum Gasteiger partial charge on any atom is -0.467 e. The third-order valence-corrected chi connectivity index (χ3v) is 6.80. The van der Waals surface area contributed by atoms with Crippen LogP contribution in [-0.2, 0) is 25.6 Å². The Morgan fingerprint density at radius 3 is 1.94 bits per heavy atom. The molecule has 33 heavy (non-hydrogen) atoms. The minimum absolute atomic E-state index is 0.0751. The van der Waals surface area contributed by atoms with Crippen LogP contribution in [0.25, 0.3) is 0 Å². The number of nitrogens with zero attached hydrogens (tertiary/aromatic N) is 2. The second kappa shape index (κ2) is 10.6. The molecule has 0 unspecified atom stereocenters. The zero-order valence-corrected chi connectivity index (χ0v) is 21.4. The Hall–Kier alpha value is -1.83. The molecule has 178 valence electrons. The van der Waals surface area contributed by atoms with Crippen LogP contribution in [0.5, 0.6) is 0 Å². The van der Waals surface area contributed by atoms with Crippen molar-refractivity contribution in [1.29, 1.82) is 0 Å². The standard InChI is InChI=1S/C24H27Cl3N2O4/c1-15-9-17(25)10-16(2)21(15)14-22(30)29(20-12-18(26)11-19(27)13-20)24(23(31)32-3)5-7-28(33-4)8-6-24/h9-13H,5-8,14H2,1-4H3. The van der Waals surface area contributed by atoms with Gasteiger partial charge in [0.15, 0.2) is 0 Å². The van der Waals surface area contributed by atoms with Crippen molar-refractivity contribution in [2.45, 2.75) is 38.6 Å². The maximum Gasteiger partial charge on any atom is 0.332 e. The van der Waals surface area contributed by atoms with Gasteiger partial charge in [0.1, 0.15) is 5.54 Å². The highest BCUT2D eigenvalue weighted by Gasteiger charge is 2.50. The summed E-state index contributed by atoms with van der Waals surface area (Å²) in [7, 11) is 2.91. The van der Waals surface area contributed by atoms with Gasteiger partial charge in [-0.15, -0.1) is 0 Å². The topological polar surface area (TPSA) is 59.1 Å². The van der Waals surface area contributed by atoms with Crippen molar-refractivity contribution >= 4 is 52.4 Å². The number of esters is 1. The fourth-order valence-corrected chi connectivity index (χ4v) is 5.34. The first-order valence-corrected chi connectivity index (χ1v) is 11.7. The summed E-state index contributed by atoms with van der Waals surface area (Å²) in [5.74, 6) is -0.759. The molecular weight excluding hydrogens is 487 g/mol. The summed E-state index contributed by atoms with van der Waals surface area (Å²) in [6.45, 7) is 4.72. The Morgan fingerprint density at radius 1 is 0.939 bits per heavy atom. The molecule has 2 aromatic rings. The lowest BCUT2D eigenvalue weighted by Gasteiger charge is -2.46. The number of amides is 1. The van der Waals surface area contributed by atoms with E-state index in [9.17, 15) is 9.59 Å². The summed E-state index contributed by atoms with van der Waals surface area (Å²) in [6, 6.07) is 8.51. The number of halogens is 3. The van der Waals surface area contributed by atoms with Crippen LogP contribution in [0.2, 0.25) is 15.1 Å². The molecule has 0 bridgehead atoms. The number of hydrogen-bond acceptors (Lipinski definition) is 5. The minimum atomic E-state index is -1.23. The van der Waals surface area contributed by atoms with Gasteiger partial charge in [-0.1, -0.05) is 34.8 Å². The third kappa shape index (κ3) is 5.47. The summed E-state index contributed by atoms with van der Waals surface area (Å²) < 4.78 is 5.21. The van der Waals surface area contributed by atoms with Crippen molar-refractivity contribution in [2.75, 3.05) is 32.2 Å². The van der Waals surface area contributed by atoms with E-state index in [0.717, 1.165) is 16.7 Å². The highest BCUT2D eigenvalue weighted by Crippen LogP contribution is 2.38. The van der Waals surface area contributed by atoms with Gasteiger partial charge in [0.05, 0.1) is 20.6 Å². The number of hydroxylamine groups is 2. The molecular formula is C24H27Cl3N2O4. The van der Waals surface area contributed by atoms with E-state index in [2.05, 4.69) is 0 Å². The van der Waals surface area contributed by atoms with Gasteiger partial charge in [-0.2, -0.15) is 5.06 Å². The number of ether oxygens (including phenoxy) is 1. The van der Waals surface area contributed by atoms with Gasteiger partial charge in [0.25, 0.3) is 0 Å². The van der Waals surface area contributed by atoms with Crippen LogP contribution in [0.4, 0.5) is 5.69 Å². The molecule has 3 rings (SSSR count). The fourth-order valence-electron chi connectivity index (χ4n) is 4.50. The Bertz CT molecular complexity index is 1010. The third-order valence-electron chi connectivity index (χ3n) is 6.14. The van der Waals surface area contributed by atoms with Gasteiger partial charge in [0.2, 0.25) is 5.91 Å². The Morgan fingerprint density at radius 2 is 1.45 bits per heavy atom. The average molecular weight is 514 g/mol. The van der Waals surface area contributed by atoms with Gasteiger partial charge in [0, 0.05) is 33.8 Å². The van der Waals surface area contributed by atoms with Crippen LogP contribution < -0.4 is 4.90 Å². The lowest BCUT2D eigenvalue weighted by molar-refractivity contribution is -0.168. The maximum absolute atomic E-state index is 14.0. The van der Waals surface area contributed by atoms with Gasteiger partial charge in [-0.3, -0.25) is 9.69 Å². The van der Waals surface area contributed by atoms with E-state index in [0.29, 0.717) is 46.7 Å². The van der Waals surface area contributed by atoms with Gasteiger partial charge in [-0.25, -0.2) is 4.79 Å². The molecule has 6 nitrogen and oxygen atoms in total. The summed E-state index contributed by atoms with van der Waals surface area (Å²) >= 11 is 18.8. The summed E-state index contributed by atoms with van der Waals surface area (Å²) in [6.07, 6.45) is 0.718. The molecule has 9 heteroatoms. The fraction of sp³-hybridized carbons (Fsp3) is 0.417. The van der Waals surface area contributed by atoms with Crippen LogP contribution in [0, 0.1) is 13.8 Å². The van der Waals surface area contributed by atoms with Crippen molar-refractivity contribution in [3.8, 4) is 0 Å². The van der Waals surface area contributed by atoms with Crippen molar-refractivity contribution < 1.29 is 19.2 Å². The van der Waals surface area contributed by atoms with E-state index in [1.165, 1.54) is 12.0 Å². The highest BCUT2D eigenvalue weighted by molar-refractivity contribution is 6.35. The zero-order chi connectivity index (χ0) is 24.3. The molecule has 0 saturated carbocycles. The Balaban J connectivity index is 2.13. The second-order valence-electron chi connectivity index (χ2n) is 8.19. The number of hydrogen-bond donors (Lipinski definition) is 0. The van der Waals surface area contributed by atoms with Crippen molar-refractivity contribution in [3.63, 3.8) is 0 Å². The number of carbonyl (C=O) groups excluding carboxylic acids is 2. The quantitative estimate of drug-likeness (QED) is 0.484. The van der Waals surface area contributed by atoms with E-state index in [-0.39, 0.29) is 12.3 Å². The van der Waals surface area contributed by atoms with Crippen LogP contribution in [0.15, 0.2) is 30.3 Å². The number of piperidine rings is 1. The molecule has 0 aliphatic carbocycles. The molecule has 0 N–H and O–H groups in total. The van der Waals surface area contributed by atoms with Gasteiger partial charge >= 0.3 is 5.97 Å². The van der Waals surface area contributed by atoms with E-state index < -0.39 is 11.5 Å². The molecule has 1 saturated heterocycles. The van der Waals surface area contributed by atoms with Crippen molar-refractivity contribution in [1.82, 2.24) is 5.06 Å². The van der Waals surface area contributed by atoms with Crippen LogP contribution >= 0.6 is 34.8 Å². The molecule has 1 amide bonds. The average Bonchev–Trinajstić information content (AvgIpc) is 2.75. The predicted octanol–water partition coefficient (Wildman–Crippen LogP) is 5.41. The van der Waals surface area contributed by atoms with Gasteiger partial charge < -0.3 is 9.57 Å². The van der Waals surface area contributed by atoms with E-state index >= 15 is 0 Å².